The first kappa shape index (κ1) is 6.54. The molecule has 0 aromatic heterocycles. The highest BCUT2D eigenvalue weighted by Crippen LogP contribution is 1.98. The second-order valence-electron chi connectivity index (χ2n) is 1.59. The molecule has 0 aliphatic carbocycles. The zero-order valence-electron chi connectivity index (χ0n) is 5.23. The highest BCUT2D eigenvalue weighted by atomic mass is 14.8. The zero-order chi connectivity index (χ0) is 5.70. The first-order chi connectivity index (χ1) is 3.31. The summed E-state index contributed by atoms with van der Waals surface area (Å²) in [5.41, 5.74) is 1.34. The van der Waals surface area contributed by atoms with Gasteiger partial charge in [0.05, 0.1) is 0 Å². The molecule has 0 aliphatic heterocycles. The summed E-state index contributed by atoms with van der Waals surface area (Å²) in [4.78, 5) is 0. The summed E-state index contributed by atoms with van der Waals surface area (Å²) in [7, 11) is 1.79. The summed E-state index contributed by atoms with van der Waals surface area (Å²) < 4.78 is 0. The molecule has 0 rings (SSSR count). The minimum atomic E-state index is 1.11. The number of hydrogen-bond acceptors (Lipinski definition) is 0. The lowest BCUT2D eigenvalue weighted by molar-refractivity contribution is 1.10. The number of nitrogens with zero attached hydrogens (tertiary/aromatic N) is 1. The van der Waals surface area contributed by atoms with E-state index < -0.39 is 0 Å². The molecule has 0 amide bonds. The molecule has 0 atom stereocenters. The second kappa shape index (κ2) is 3.72. The van der Waals surface area contributed by atoms with Crippen molar-refractivity contribution in [1.29, 1.82) is 0 Å². The van der Waals surface area contributed by atoms with Crippen LogP contribution in [0.15, 0.2) is 11.8 Å². The van der Waals surface area contributed by atoms with E-state index in [9.17, 15) is 0 Å². The summed E-state index contributed by atoms with van der Waals surface area (Å²) in [5, 5.41) is 3.84. The van der Waals surface area contributed by atoms with Crippen LogP contribution in [0.3, 0.4) is 0 Å². The van der Waals surface area contributed by atoms with Crippen LogP contribution in [0.25, 0.3) is 5.32 Å². The van der Waals surface area contributed by atoms with Crippen LogP contribution in [0.5, 0.6) is 0 Å². The number of allylic oxidation sites excluding steroid dienone is 1. The van der Waals surface area contributed by atoms with E-state index in [0.29, 0.717) is 0 Å². The summed E-state index contributed by atoms with van der Waals surface area (Å²) >= 11 is 0. The molecular weight excluding hydrogens is 86.1 g/mol. The Morgan fingerprint density at radius 1 is 1.71 bits per heavy atom. The maximum atomic E-state index is 3.84. The average Bonchev–Trinajstić information content (AvgIpc) is 1.68. The molecule has 0 radical (unpaired) electrons. The monoisotopic (exact) mass is 98.1 g/mol. The van der Waals surface area contributed by atoms with E-state index in [4.69, 9.17) is 0 Å². The largest absolute Gasteiger partial charge is 0.693 e. The van der Waals surface area contributed by atoms with Gasteiger partial charge in [0.25, 0.3) is 0 Å². The highest BCUT2D eigenvalue weighted by Gasteiger charge is 1.70. The van der Waals surface area contributed by atoms with Gasteiger partial charge in [-0.15, -0.1) is 7.05 Å². The van der Waals surface area contributed by atoms with Crippen LogP contribution < -0.4 is 0 Å². The Hall–Kier alpha value is -0.460. The molecule has 0 spiro atoms. The van der Waals surface area contributed by atoms with Gasteiger partial charge in [-0.25, -0.2) is 0 Å². The molecule has 0 aliphatic rings. The van der Waals surface area contributed by atoms with Crippen LogP contribution in [-0.2, 0) is 0 Å². The van der Waals surface area contributed by atoms with E-state index in [2.05, 4.69) is 19.2 Å². The van der Waals surface area contributed by atoms with Gasteiger partial charge in [-0.05, 0) is 13.3 Å². The highest BCUT2D eigenvalue weighted by molar-refractivity contribution is 5.05. The minimum absolute atomic E-state index is 1.11. The Bertz CT molecular complexity index is 64.6. The molecule has 0 saturated heterocycles. The van der Waals surface area contributed by atoms with E-state index in [1.54, 1.807) is 7.05 Å². The fourth-order valence-corrected chi connectivity index (χ4v) is 0.312. The van der Waals surface area contributed by atoms with Crippen molar-refractivity contribution < 1.29 is 0 Å². The molecular formula is C6H12N-. The smallest absolute Gasteiger partial charge is 0.0366 e. The van der Waals surface area contributed by atoms with Gasteiger partial charge in [-0.1, -0.05) is 12.5 Å². The lowest BCUT2D eigenvalue weighted by Gasteiger charge is -2.04. The fourth-order valence-electron chi connectivity index (χ4n) is 0.312. The maximum Gasteiger partial charge on any atom is -0.0366 e. The van der Waals surface area contributed by atoms with Crippen LogP contribution in [0.1, 0.15) is 20.3 Å². The molecule has 0 aromatic rings. The van der Waals surface area contributed by atoms with Crippen molar-refractivity contribution in [2.75, 3.05) is 7.05 Å². The molecule has 0 aromatic carbocycles. The topological polar surface area (TPSA) is 14.1 Å². The third-order valence-corrected chi connectivity index (χ3v) is 0.907. The average molecular weight is 98.2 g/mol. The minimum Gasteiger partial charge on any atom is -0.693 e. The summed E-state index contributed by atoms with van der Waals surface area (Å²) in [5.74, 6) is 0. The van der Waals surface area contributed by atoms with Gasteiger partial charge in [0.1, 0.15) is 0 Å². The molecule has 0 saturated carbocycles. The molecule has 0 heterocycles. The van der Waals surface area contributed by atoms with Crippen molar-refractivity contribution in [3.05, 3.63) is 17.1 Å². The lowest BCUT2D eigenvalue weighted by Crippen LogP contribution is -1.67. The zero-order valence-corrected chi connectivity index (χ0v) is 5.23. The molecule has 42 valence electrons. The Balaban J connectivity index is 3.29. The quantitative estimate of drug-likeness (QED) is 0.503. The van der Waals surface area contributed by atoms with Crippen molar-refractivity contribution in [2.45, 2.75) is 20.3 Å². The predicted octanol–water partition coefficient (Wildman–Crippen LogP) is 2.30. The van der Waals surface area contributed by atoms with Crippen molar-refractivity contribution >= 4 is 0 Å². The Morgan fingerprint density at radius 3 is 2.43 bits per heavy atom. The third kappa shape index (κ3) is 3.37. The van der Waals surface area contributed by atoms with E-state index in [-0.39, 0.29) is 0 Å². The van der Waals surface area contributed by atoms with Crippen LogP contribution >= 0.6 is 0 Å². The van der Waals surface area contributed by atoms with Gasteiger partial charge in [0.2, 0.25) is 0 Å². The van der Waals surface area contributed by atoms with Crippen molar-refractivity contribution in [2.24, 2.45) is 0 Å². The van der Waals surface area contributed by atoms with Gasteiger partial charge in [-0.3, -0.25) is 0 Å². The predicted molar refractivity (Wildman–Crippen MR) is 33.3 cm³/mol. The number of rotatable bonds is 2. The van der Waals surface area contributed by atoms with E-state index >= 15 is 0 Å². The van der Waals surface area contributed by atoms with E-state index in [1.165, 1.54) is 5.57 Å². The van der Waals surface area contributed by atoms with Crippen molar-refractivity contribution in [1.82, 2.24) is 0 Å². The third-order valence-electron chi connectivity index (χ3n) is 0.907. The SMILES string of the molecule is CC/C(C)=C/[N-]C. The molecule has 0 unspecified atom stereocenters. The first-order valence-electron chi connectivity index (χ1n) is 2.55. The summed E-state index contributed by atoms with van der Waals surface area (Å²) in [6, 6.07) is 0. The summed E-state index contributed by atoms with van der Waals surface area (Å²) in [6.07, 6.45) is 3.00. The molecule has 7 heavy (non-hydrogen) atoms. The van der Waals surface area contributed by atoms with Gasteiger partial charge >= 0.3 is 0 Å². The first-order valence-corrected chi connectivity index (χ1v) is 2.55. The van der Waals surface area contributed by atoms with Crippen LogP contribution in [0, 0.1) is 0 Å². The van der Waals surface area contributed by atoms with Gasteiger partial charge in [-0.2, -0.15) is 6.20 Å². The molecule has 1 nitrogen and oxygen atoms in total. The molecule has 0 fully saturated rings. The van der Waals surface area contributed by atoms with Crippen molar-refractivity contribution in [3.8, 4) is 0 Å². The van der Waals surface area contributed by atoms with Crippen LogP contribution in [0.4, 0.5) is 0 Å². The Labute approximate surface area is 45.4 Å². The number of hydrogen-bond donors (Lipinski definition) is 0. The van der Waals surface area contributed by atoms with Gasteiger partial charge in [0, 0.05) is 0 Å². The summed E-state index contributed by atoms with van der Waals surface area (Å²) in [6.45, 7) is 4.20. The van der Waals surface area contributed by atoms with Crippen molar-refractivity contribution in [3.63, 3.8) is 0 Å². The Morgan fingerprint density at radius 2 is 2.29 bits per heavy atom. The van der Waals surface area contributed by atoms with Gasteiger partial charge < -0.3 is 5.32 Å². The van der Waals surface area contributed by atoms with E-state index in [1.807, 2.05) is 6.20 Å². The molecule has 0 N–H and O–H groups in total. The van der Waals surface area contributed by atoms with Gasteiger partial charge in [0.15, 0.2) is 0 Å². The molecule has 1 heteroatoms. The van der Waals surface area contributed by atoms with Crippen LogP contribution in [0.2, 0.25) is 0 Å². The normalized spacial score (nSPS) is 11.6. The standard InChI is InChI=1S/C6H12N/c1-4-6(2)5-7-3/h5H,4H2,1-3H3/q-1/b6-5+. The maximum absolute atomic E-state index is 3.84. The van der Waals surface area contributed by atoms with E-state index in [0.717, 1.165) is 6.42 Å². The lowest BCUT2D eigenvalue weighted by atomic mass is 10.3. The second-order valence-corrected chi connectivity index (χ2v) is 1.59. The Kier molecular flexibility index (Phi) is 3.48. The molecule has 0 bridgehead atoms. The fraction of sp³-hybridized carbons (Fsp3) is 0.667. The van der Waals surface area contributed by atoms with Crippen LogP contribution in [-0.4, -0.2) is 7.05 Å².